The fraction of sp³-hybridized carbons (Fsp3) is 0.278. The van der Waals surface area contributed by atoms with Crippen molar-refractivity contribution in [3.05, 3.63) is 53.3 Å². The van der Waals surface area contributed by atoms with E-state index in [1.807, 2.05) is 6.07 Å². The Balaban J connectivity index is 2.09. The van der Waals surface area contributed by atoms with E-state index in [9.17, 15) is 17.6 Å². The number of carbonyl (C=O) groups excluding carboxylic acids is 1. The molecule has 0 saturated heterocycles. The van der Waals surface area contributed by atoms with Gasteiger partial charge in [0.25, 0.3) is 0 Å². The van der Waals surface area contributed by atoms with Crippen LogP contribution in [0.2, 0.25) is 0 Å². The van der Waals surface area contributed by atoms with E-state index < -0.39 is 32.7 Å². The highest BCUT2D eigenvalue weighted by Gasteiger charge is 2.37. The van der Waals surface area contributed by atoms with E-state index in [4.69, 9.17) is 9.47 Å². The third-order valence-electron chi connectivity index (χ3n) is 4.39. The molecule has 1 unspecified atom stereocenters. The third kappa shape index (κ3) is 3.35. The van der Waals surface area contributed by atoms with Gasteiger partial charge in [-0.25, -0.2) is 12.8 Å². The molecule has 7 nitrogen and oxygen atoms in total. The number of hydrogen-bond donors (Lipinski definition) is 1. The Hall–Kier alpha value is -2.65. The topological polar surface area (TPSA) is 84.9 Å². The minimum absolute atomic E-state index is 0.0618. The highest BCUT2D eigenvalue weighted by atomic mass is 32.2. The van der Waals surface area contributed by atoms with Crippen molar-refractivity contribution in [2.75, 3.05) is 21.3 Å². The highest BCUT2D eigenvalue weighted by Crippen LogP contribution is 2.37. The Morgan fingerprint density at radius 3 is 2.52 bits per heavy atom. The summed E-state index contributed by atoms with van der Waals surface area (Å²) in [5.74, 6) is -1.65. The van der Waals surface area contributed by atoms with Crippen molar-refractivity contribution < 1.29 is 27.1 Å². The van der Waals surface area contributed by atoms with Crippen molar-refractivity contribution in [3.8, 4) is 11.5 Å². The lowest BCUT2D eigenvalue weighted by atomic mass is 9.96. The molecular weight excluding hydrogens is 375 g/mol. The molecule has 1 N–H and O–H groups in total. The Labute approximate surface area is 156 Å². The van der Waals surface area contributed by atoms with E-state index in [-0.39, 0.29) is 11.5 Å². The van der Waals surface area contributed by atoms with Crippen LogP contribution in [0.1, 0.15) is 17.2 Å². The molecule has 1 heterocycles. The number of amides is 1. The van der Waals surface area contributed by atoms with Gasteiger partial charge in [-0.3, -0.25) is 4.79 Å². The monoisotopic (exact) mass is 394 g/mol. The van der Waals surface area contributed by atoms with Crippen LogP contribution in [0.3, 0.4) is 0 Å². The lowest BCUT2D eigenvalue weighted by Crippen LogP contribution is -2.44. The molecule has 1 aliphatic heterocycles. The zero-order valence-electron chi connectivity index (χ0n) is 15.0. The number of carbonyl (C=O) groups is 1. The lowest BCUT2D eigenvalue weighted by molar-refractivity contribution is -0.133. The first kappa shape index (κ1) is 19.1. The molecule has 3 rings (SSSR count). The van der Waals surface area contributed by atoms with Gasteiger partial charge in [-0.15, -0.1) is 0 Å². The highest BCUT2D eigenvalue weighted by molar-refractivity contribution is 7.89. The summed E-state index contributed by atoms with van der Waals surface area (Å²) < 4.78 is 52.8. The van der Waals surface area contributed by atoms with Crippen molar-refractivity contribution in [2.24, 2.45) is 0 Å². The van der Waals surface area contributed by atoms with Crippen LogP contribution in [-0.4, -0.2) is 40.5 Å². The van der Waals surface area contributed by atoms with Crippen LogP contribution in [0.15, 0.2) is 41.3 Å². The van der Waals surface area contributed by atoms with E-state index >= 15 is 0 Å². The number of hydrogen-bond acceptors (Lipinski definition) is 5. The second-order valence-corrected chi connectivity index (χ2v) is 7.71. The van der Waals surface area contributed by atoms with Crippen molar-refractivity contribution in [3.63, 3.8) is 0 Å². The minimum atomic E-state index is -4.44. The molecule has 1 atom stereocenters. The van der Waals surface area contributed by atoms with Crippen molar-refractivity contribution in [1.29, 1.82) is 0 Å². The molecule has 0 radical (unpaired) electrons. The van der Waals surface area contributed by atoms with Crippen LogP contribution >= 0.6 is 0 Å². The van der Waals surface area contributed by atoms with Crippen LogP contribution < -0.4 is 14.2 Å². The van der Waals surface area contributed by atoms with Gasteiger partial charge in [-0.05, 0) is 23.3 Å². The molecule has 9 heteroatoms. The minimum Gasteiger partial charge on any atom is -0.493 e. The molecule has 0 aliphatic carbocycles. The van der Waals surface area contributed by atoms with Crippen LogP contribution in [0.25, 0.3) is 0 Å². The maximum absolute atomic E-state index is 14.4. The molecule has 144 valence electrons. The molecule has 1 aliphatic rings. The predicted molar refractivity (Wildman–Crippen MR) is 95.5 cm³/mol. The summed E-state index contributed by atoms with van der Waals surface area (Å²) >= 11 is 0. The normalized spacial score (nSPS) is 16.8. The number of likely N-dealkylation sites (N-methyl/N-ethyl adjacent to an activating group) is 1. The van der Waals surface area contributed by atoms with Gasteiger partial charge in [-0.2, -0.15) is 4.72 Å². The van der Waals surface area contributed by atoms with E-state index in [2.05, 4.69) is 4.72 Å². The number of sulfonamides is 1. The number of halogens is 1. The largest absolute Gasteiger partial charge is 0.493 e. The Kier molecular flexibility index (Phi) is 5.07. The second kappa shape index (κ2) is 7.16. The fourth-order valence-corrected chi connectivity index (χ4v) is 4.51. The van der Waals surface area contributed by atoms with Gasteiger partial charge in [0.1, 0.15) is 11.9 Å². The first-order chi connectivity index (χ1) is 12.8. The molecular formula is C18H19FN2O5S. The van der Waals surface area contributed by atoms with Crippen molar-refractivity contribution in [1.82, 2.24) is 9.62 Å². The summed E-state index contributed by atoms with van der Waals surface area (Å²) in [4.78, 5) is 13.3. The van der Waals surface area contributed by atoms with Gasteiger partial charge in [0.2, 0.25) is 15.9 Å². The van der Waals surface area contributed by atoms with Gasteiger partial charge in [-0.1, -0.05) is 24.3 Å². The Bertz CT molecular complexity index is 993. The van der Waals surface area contributed by atoms with Crippen LogP contribution in [0.5, 0.6) is 11.5 Å². The van der Waals surface area contributed by atoms with E-state index in [1.165, 1.54) is 25.2 Å². The summed E-state index contributed by atoms with van der Waals surface area (Å²) in [6.07, 6.45) is 0. The van der Waals surface area contributed by atoms with Gasteiger partial charge in [0, 0.05) is 13.6 Å². The quantitative estimate of drug-likeness (QED) is 0.836. The number of fused-ring (bicyclic) bond motifs is 1. The smallest absolute Gasteiger partial charge is 0.248 e. The Morgan fingerprint density at radius 2 is 1.85 bits per heavy atom. The standard InChI is InChI=1S/C18H19FN2O5S/c1-21-10-11-6-4-5-7-12(11)15(18(21)22)20-27(23,24)17-13(19)8-9-14(25-2)16(17)26-3/h4-9,15,20H,10H2,1-3H3. The van der Waals surface area contributed by atoms with E-state index in [0.29, 0.717) is 12.1 Å². The maximum atomic E-state index is 14.4. The summed E-state index contributed by atoms with van der Waals surface area (Å²) in [6.45, 7) is 0.365. The van der Waals surface area contributed by atoms with Crippen LogP contribution in [0, 0.1) is 5.82 Å². The number of nitrogens with one attached hydrogen (secondary N) is 1. The van der Waals surface area contributed by atoms with Crippen molar-refractivity contribution >= 4 is 15.9 Å². The first-order valence-electron chi connectivity index (χ1n) is 8.05. The summed E-state index contributed by atoms with van der Waals surface area (Å²) in [5.41, 5.74) is 1.34. The molecule has 27 heavy (non-hydrogen) atoms. The Morgan fingerprint density at radius 1 is 1.15 bits per heavy atom. The van der Waals surface area contributed by atoms with Gasteiger partial charge < -0.3 is 14.4 Å². The second-order valence-electron chi connectivity index (χ2n) is 6.06. The van der Waals surface area contributed by atoms with Gasteiger partial charge in [0.15, 0.2) is 16.4 Å². The molecule has 0 bridgehead atoms. The number of methoxy groups -OCH3 is 2. The molecule has 0 fully saturated rings. The summed E-state index contributed by atoms with van der Waals surface area (Å²) in [5, 5.41) is 0. The molecule has 0 saturated carbocycles. The third-order valence-corrected chi connectivity index (χ3v) is 5.85. The lowest BCUT2D eigenvalue weighted by Gasteiger charge is -2.32. The molecule has 0 aromatic heterocycles. The zero-order chi connectivity index (χ0) is 19.8. The number of nitrogens with zero attached hydrogens (tertiary/aromatic N) is 1. The SMILES string of the molecule is COc1ccc(F)c(S(=O)(=O)NC2C(=O)N(C)Cc3ccccc32)c1OC. The molecule has 2 aromatic carbocycles. The molecule has 2 aromatic rings. The number of rotatable bonds is 5. The summed E-state index contributed by atoms with van der Waals surface area (Å²) in [6, 6.07) is 8.07. The van der Waals surface area contributed by atoms with Crippen molar-refractivity contribution in [2.45, 2.75) is 17.5 Å². The van der Waals surface area contributed by atoms with Gasteiger partial charge >= 0.3 is 0 Å². The van der Waals surface area contributed by atoms with Crippen LogP contribution in [-0.2, 0) is 21.4 Å². The predicted octanol–water partition coefficient (Wildman–Crippen LogP) is 1.83. The van der Waals surface area contributed by atoms with E-state index in [0.717, 1.165) is 11.6 Å². The molecule has 1 amide bonds. The number of benzene rings is 2. The average Bonchev–Trinajstić information content (AvgIpc) is 2.64. The zero-order valence-corrected chi connectivity index (χ0v) is 15.8. The molecule has 0 spiro atoms. The van der Waals surface area contributed by atoms with E-state index in [1.54, 1.807) is 25.2 Å². The number of ether oxygens (including phenoxy) is 2. The maximum Gasteiger partial charge on any atom is 0.248 e. The average molecular weight is 394 g/mol. The van der Waals surface area contributed by atoms with Crippen LogP contribution in [0.4, 0.5) is 4.39 Å². The summed E-state index contributed by atoms with van der Waals surface area (Å²) in [7, 11) is -0.338. The fourth-order valence-electron chi connectivity index (χ4n) is 3.10. The van der Waals surface area contributed by atoms with Gasteiger partial charge in [0.05, 0.1) is 14.2 Å². The first-order valence-corrected chi connectivity index (χ1v) is 9.54.